The minimum absolute atomic E-state index is 0.00570. The second-order valence-corrected chi connectivity index (χ2v) is 11.9. The van der Waals surface area contributed by atoms with Crippen molar-refractivity contribution < 1.29 is 28.1 Å². The van der Waals surface area contributed by atoms with E-state index in [-0.39, 0.29) is 67.5 Å². The molecule has 48 heavy (non-hydrogen) atoms. The molecule has 5 aromatic rings. The average Bonchev–Trinajstić information content (AvgIpc) is 3.83. The maximum atomic E-state index is 13.6. The lowest BCUT2D eigenvalue weighted by atomic mass is 10.0. The Bertz CT molecular complexity index is 1880. The van der Waals surface area contributed by atoms with E-state index in [0.29, 0.717) is 17.5 Å². The highest BCUT2D eigenvalue weighted by Gasteiger charge is 2.28. The largest absolute Gasteiger partial charge is 0.446 e. The Morgan fingerprint density at radius 2 is 1.62 bits per heavy atom. The predicted octanol–water partition coefficient (Wildman–Crippen LogP) is 2.42. The lowest BCUT2D eigenvalue weighted by Gasteiger charge is -2.23. The van der Waals surface area contributed by atoms with Crippen molar-refractivity contribution in [3.05, 3.63) is 95.5 Å². The molecule has 248 valence electrons. The molecule has 0 fully saturated rings. The number of benzene rings is 2. The van der Waals surface area contributed by atoms with Gasteiger partial charge in [0.1, 0.15) is 35.9 Å². The quantitative estimate of drug-likeness (QED) is 0.245. The van der Waals surface area contributed by atoms with Crippen molar-refractivity contribution in [2.24, 2.45) is 5.92 Å². The third-order valence-electron chi connectivity index (χ3n) is 7.75. The Hall–Kier alpha value is -5.86. The number of fused-ring (bicyclic) bond motifs is 5. The zero-order chi connectivity index (χ0) is 33.6. The summed E-state index contributed by atoms with van der Waals surface area (Å²) in [6, 6.07) is 16.3. The molecule has 2 aromatic carbocycles. The minimum Gasteiger partial charge on any atom is -0.446 e. The lowest BCUT2D eigenvalue weighted by Crippen LogP contribution is -2.50. The van der Waals surface area contributed by atoms with Crippen LogP contribution in [0.25, 0.3) is 11.0 Å². The molecule has 3 aromatic heterocycles. The van der Waals surface area contributed by atoms with Gasteiger partial charge in [-0.2, -0.15) is 15.0 Å². The Kier molecular flexibility index (Phi) is 9.55. The zero-order valence-electron chi connectivity index (χ0n) is 26.5. The minimum atomic E-state index is -0.966. The highest BCUT2D eigenvalue weighted by molar-refractivity contribution is 5.96. The van der Waals surface area contributed by atoms with Gasteiger partial charge in [0.25, 0.3) is 11.8 Å². The van der Waals surface area contributed by atoms with Gasteiger partial charge < -0.3 is 29.8 Å². The molecule has 15 heteroatoms. The van der Waals surface area contributed by atoms with E-state index in [4.69, 9.17) is 8.94 Å². The second kappa shape index (κ2) is 14.3. The van der Waals surface area contributed by atoms with Crippen molar-refractivity contribution in [1.82, 2.24) is 46.0 Å². The molecule has 6 rings (SSSR count). The number of amides is 4. The number of hydrogen-bond acceptors (Lipinski definition) is 10. The van der Waals surface area contributed by atoms with Gasteiger partial charge in [-0.15, -0.1) is 0 Å². The fraction of sp³-hybridized carbons (Fsp3) is 0.333. The molecular weight excluding hydrogens is 618 g/mol. The van der Waals surface area contributed by atoms with Crippen LogP contribution in [0.15, 0.2) is 75.9 Å². The normalized spacial score (nSPS) is 17.8. The van der Waals surface area contributed by atoms with Crippen molar-refractivity contribution in [3.8, 4) is 0 Å². The van der Waals surface area contributed by atoms with E-state index < -0.39 is 29.8 Å². The fourth-order valence-electron chi connectivity index (χ4n) is 5.38. The molecule has 1 aliphatic heterocycles. The highest BCUT2D eigenvalue weighted by atomic mass is 16.5. The van der Waals surface area contributed by atoms with Crippen LogP contribution in [0.1, 0.15) is 64.5 Å². The van der Waals surface area contributed by atoms with Crippen molar-refractivity contribution in [3.63, 3.8) is 0 Å². The van der Waals surface area contributed by atoms with E-state index in [1.54, 1.807) is 12.1 Å². The summed E-state index contributed by atoms with van der Waals surface area (Å²) in [5, 5.41) is 21.2. The van der Waals surface area contributed by atoms with Crippen LogP contribution in [0, 0.1) is 5.92 Å². The molecule has 2 atom stereocenters. The van der Waals surface area contributed by atoms with Gasteiger partial charge in [-0.1, -0.05) is 61.5 Å². The summed E-state index contributed by atoms with van der Waals surface area (Å²) in [6.45, 7) is 3.85. The molecule has 0 aliphatic carbocycles. The molecule has 4 amide bonds. The summed E-state index contributed by atoms with van der Waals surface area (Å²) in [4.78, 5) is 60.9. The first kappa shape index (κ1) is 32.1. The van der Waals surface area contributed by atoms with E-state index in [9.17, 15) is 19.2 Å². The average molecular weight is 654 g/mol. The number of nitrogens with one attached hydrogen (secondary N) is 3. The summed E-state index contributed by atoms with van der Waals surface area (Å²) in [7, 11) is 0. The van der Waals surface area contributed by atoms with Gasteiger partial charge in [0.05, 0.1) is 6.54 Å². The standard InChI is InChI=1S/C33H35N9O6/c1-20(2)14-27-33-37-28(19-47-33)32(46)35-25(15-21-8-4-3-5-9-21)30(44)34-12-13-41(17-22-16-26(40-48-22)31(45)36-27)29(43)18-42-38-23-10-6-7-11-24(23)39-42/h3-11,16,19-20,25,27H,12-15,17-18H2,1-2H3,(H,34,44)(H,35,46)(H,36,45)/t25-,27+/m0/s1. The number of carbonyl (C=O) groups is 4. The summed E-state index contributed by atoms with van der Waals surface area (Å²) >= 11 is 0. The first-order chi connectivity index (χ1) is 23.2. The molecule has 3 N–H and O–H groups in total. The van der Waals surface area contributed by atoms with E-state index in [1.807, 2.05) is 56.3 Å². The molecular formula is C33H35N9O6. The maximum absolute atomic E-state index is 13.6. The van der Waals surface area contributed by atoms with Gasteiger partial charge in [0, 0.05) is 25.6 Å². The Balaban J connectivity index is 1.29. The van der Waals surface area contributed by atoms with Crippen LogP contribution in [0.2, 0.25) is 0 Å². The number of nitrogens with zero attached hydrogens (tertiary/aromatic N) is 6. The summed E-state index contributed by atoms with van der Waals surface area (Å²) < 4.78 is 11.1. The van der Waals surface area contributed by atoms with Gasteiger partial charge in [-0.3, -0.25) is 19.2 Å². The highest BCUT2D eigenvalue weighted by Crippen LogP contribution is 2.22. The molecule has 0 radical (unpaired) electrons. The van der Waals surface area contributed by atoms with Gasteiger partial charge in [-0.05, 0) is 30.0 Å². The molecule has 4 heterocycles. The van der Waals surface area contributed by atoms with Crippen LogP contribution in [-0.4, -0.2) is 72.8 Å². The van der Waals surface area contributed by atoms with Gasteiger partial charge in [0.15, 0.2) is 17.1 Å². The number of rotatable bonds is 6. The molecule has 15 nitrogen and oxygen atoms in total. The van der Waals surface area contributed by atoms with E-state index in [2.05, 4.69) is 36.3 Å². The third kappa shape index (κ3) is 7.74. The van der Waals surface area contributed by atoms with Crippen molar-refractivity contribution in [2.45, 2.75) is 51.9 Å². The van der Waals surface area contributed by atoms with Crippen LogP contribution in [0.4, 0.5) is 0 Å². The summed E-state index contributed by atoms with van der Waals surface area (Å²) in [5.74, 6) is -1.44. The monoisotopic (exact) mass is 653 g/mol. The van der Waals surface area contributed by atoms with E-state index >= 15 is 0 Å². The van der Waals surface area contributed by atoms with Crippen LogP contribution >= 0.6 is 0 Å². The Morgan fingerprint density at radius 3 is 2.35 bits per heavy atom. The Morgan fingerprint density at radius 1 is 0.938 bits per heavy atom. The number of carbonyl (C=O) groups excluding carboxylic acids is 4. The third-order valence-corrected chi connectivity index (χ3v) is 7.75. The predicted molar refractivity (Wildman–Crippen MR) is 170 cm³/mol. The number of aromatic nitrogens is 5. The molecule has 0 spiro atoms. The topological polar surface area (TPSA) is 190 Å². The van der Waals surface area contributed by atoms with Gasteiger partial charge >= 0.3 is 0 Å². The van der Waals surface area contributed by atoms with Gasteiger partial charge in [0.2, 0.25) is 17.7 Å². The maximum Gasteiger partial charge on any atom is 0.274 e. The molecule has 1 aliphatic rings. The SMILES string of the molecule is CC(C)C[C@H]1NC(=O)c2cc(on2)CN(C(=O)Cn2nc3ccccc3n2)CCNC(=O)[C@H](Cc2ccccc2)NC(=O)c2coc1n2. The molecule has 0 saturated heterocycles. The smallest absolute Gasteiger partial charge is 0.274 e. The summed E-state index contributed by atoms with van der Waals surface area (Å²) in [6.07, 6.45) is 1.86. The van der Waals surface area contributed by atoms with E-state index in [1.165, 1.54) is 22.0 Å². The summed E-state index contributed by atoms with van der Waals surface area (Å²) in [5.41, 5.74) is 2.07. The van der Waals surface area contributed by atoms with Crippen LogP contribution in [-0.2, 0) is 29.1 Å². The molecule has 0 saturated carbocycles. The van der Waals surface area contributed by atoms with Gasteiger partial charge in [-0.25, -0.2) is 4.98 Å². The van der Waals surface area contributed by atoms with Crippen LogP contribution in [0.3, 0.4) is 0 Å². The number of oxazole rings is 1. The second-order valence-electron chi connectivity index (χ2n) is 11.9. The van der Waals surface area contributed by atoms with Crippen LogP contribution < -0.4 is 16.0 Å². The van der Waals surface area contributed by atoms with Crippen LogP contribution in [0.5, 0.6) is 0 Å². The lowest BCUT2D eigenvalue weighted by molar-refractivity contribution is -0.133. The van der Waals surface area contributed by atoms with E-state index in [0.717, 1.165) is 5.56 Å². The molecule has 0 unspecified atom stereocenters. The molecule has 4 bridgehead atoms. The van der Waals surface area contributed by atoms with Crippen molar-refractivity contribution in [1.29, 1.82) is 0 Å². The first-order valence-corrected chi connectivity index (χ1v) is 15.6. The zero-order valence-corrected chi connectivity index (χ0v) is 26.5. The van der Waals surface area contributed by atoms with Crippen molar-refractivity contribution in [2.75, 3.05) is 13.1 Å². The fourth-order valence-corrected chi connectivity index (χ4v) is 5.38. The Labute approximate surface area is 275 Å². The van der Waals surface area contributed by atoms with Crippen molar-refractivity contribution >= 4 is 34.7 Å². The number of hydrogen-bond donors (Lipinski definition) is 3. The first-order valence-electron chi connectivity index (χ1n) is 15.6.